The molecule has 210 valence electrons. The number of halogens is 3. The SMILES string of the molecule is C#CCOCc1c(CNC(=O)CBr)c(COCC#C)c(CNC(=O)CBr)c(COCC#C)c1CNC(=O)CBr. The second-order valence-electron chi connectivity index (χ2n) is 7.69. The Kier molecular flexibility index (Phi) is 18.2. The van der Waals surface area contributed by atoms with Gasteiger partial charge < -0.3 is 30.2 Å². The number of terminal acetylenes is 3. The second kappa shape index (κ2) is 20.5. The van der Waals surface area contributed by atoms with E-state index in [0.717, 1.165) is 0 Å². The van der Waals surface area contributed by atoms with Gasteiger partial charge in [-0.1, -0.05) is 65.6 Å². The van der Waals surface area contributed by atoms with Gasteiger partial charge in [0.15, 0.2) is 0 Å². The van der Waals surface area contributed by atoms with Crippen LogP contribution >= 0.6 is 47.8 Å². The van der Waals surface area contributed by atoms with Gasteiger partial charge in [-0.3, -0.25) is 14.4 Å². The molecule has 0 aliphatic rings. The Morgan fingerprint density at radius 3 is 1.00 bits per heavy atom. The molecule has 9 nitrogen and oxygen atoms in total. The minimum Gasteiger partial charge on any atom is -0.364 e. The van der Waals surface area contributed by atoms with Crippen molar-refractivity contribution in [1.82, 2.24) is 16.0 Å². The summed E-state index contributed by atoms with van der Waals surface area (Å²) >= 11 is 9.48. The Morgan fingerprint density at radius 2 is 0.795 bits per heavy atom. The summed E-state index contributed by atoms with van der Waals surface area (Å²) in [4.78, 5) is 36.6. The molecule has 0 atom stereocenters. The molecule has 3 amide bonds. The summed E-state index contributed by atoms with van der Waals surface area (Å²) < 4.78 is 17.2. The third-order valence-electron chi connectivity index (χ3n) is 5.23. The lowest BCUT2D eigenvalue weighted by Crippen LogP contribution is -2.31. The molecule has 39 heavy (non-hydrogen) atoms. The van der Waals surface area contributed by atoms with Crippen LogP contribution in [0, 0.1) is 37.0 Å². The Balaban J connectivity index is 3.99. The Morgan fingerprint density at radius 1 is 0.538 bits per heavy atom. The first kappa shape index (κ1) is 34.7. The summed E-state index contributed by atoms with van der Waals surface area (Å²) in [6.45, 7) is 0.652. The van der Waals surface area contributed by atoms with E-state index in [9.17, 15) is 14.4 Å². The fourth-order valence-electron chi connectivity index (χ4n) is 3.59. The maximum absolute atomic E-state index is 12.2. The molecular weight excluding hydrogens is 702 g/mol. The van der Waals surface area contributed by atoms with Gasteiger partial charge in [0.1, 0.15) is 19.8 Å². The minimum atomic E-state index is -0.245. The van der Waals surface area contributed by atoms with E-state index in [4.69, 9.17) is 33.5 Å². The van der Waals surface area contributed by atoms with E-state index in [2.05, 4.69) is 81.5 Å². The molecule has 1 aromatic carbocycles. The van der Waals surface area contributed by atoms with E-state index in [1.54, 1.807) is 0 Å². The Hall–Kier alpha value is -2.37. The van der Waals surface area contributed by atoms with Gasteiger partial charge in [0.25, 0.3) is 0 Å². The number of rotatable bonds is 18. The predicted molar refractivity (Wildman–Crippen MR) is 159 cm³/mol. The van der Waals surface area contributed by atoms with E-state index >= 15 is 0 Å². The van der Waals surface area contributed by atoms with Crippen LogP contribution in [-0.2, 0) is 68.0 Å². The lowest BCUT2D eigenvalue weighted by Gasteiger charge is -2.27. The molecule has 0 spiro atoms. The highest BCUT2D eigenvalue weighted by Crippen LogP contribution is 2.32. The molecule has 0 aromatic heterocycles. The molecule has 0 unspecified atom stereocenters. The number of amides is 3. The summed E-state index contributed by atoms with van der Waals surface area (Å²) in [6.07, 6.45) is 16.2. The maximum Gasteiger partial charge on any atom is 0.230 e. The van der Waals surface area contributed by atoms with Crippen molar-refractivity contribution in [1.29, 1.82) is 0 Å². The number of carbonyl (C=O) groups excluding carboxylic acids is 3. The summed E-state index contributed by atoms with van der Waals surface area (Å²) in [5.74, 6) is 6.58. The van der Waals surface area contributed by atoms with Gasteiger partial charge in [0.2, 0.25) is 17.7 Å². The smallest absolute Gasteiger partial charge is 0.230 e. The molecule has 0 aliphatic carbocycles. The van der Waals surface area contributed by atoms with E-state index in [1.165, 1.54) is 0 Å². The molecule has 0 saturated carbocycles. The van der Waals surface area contributed by atoms with Gasteiger partial charge in [-0.05, 0) is 33.4 Å². The molecule has 1 rings (SSSR count). The summed E-state index contributed by atoms with van der Waals surface area (Å²) in [7, 11) is 0. The topological polar surface area (TPSA) is 115 Å². The number of nitrogens with one attached hydrogen (secondary N) is 3. The molecule has 12 heteroatoms. The van der Waals surface area contributed by atoms with Crippen LogP contribution in [0.1, 0.15) is 33.4 Å². The summed E-state index contributed by atoms with van der Waals surface area (Å²) in [5, 5.41) is 8.88. The van der Waals surface area contributed by atoms with Crippen LogP contribution in [-0.4, -0.2) is 53.5 Å². The van der Waals surface area contributed by atoms with Gasteiger partial charge in [-0.25, -0.2) is 0 Å². The zero-order valence-electron chi connectivity index (χ0n) is 21.3. The van der Waals surface area contributed by atoms with Crippen LogP contribution in [0.5, 0.6) is 0 Å². The molecular formula is C27H30Br3N3O6. The number of benzene rings is 1. The zero-order chi connectivity index (χ0) is 29.0. The number of alkyl halides is 3. The fraction of sp³-hybridized carbons (Fsp3) is 0.444. The number of carbonyl (C=O) groups is 3. The van der Waals surface area contributed by atoms with Crippen LogP contribution in [0.4, 0.5) is 0 Å². The Bertz CT molecular complexity index is 963. The van der Waals surface area contributed by atoms with Crippen molar-refractivity contribution in [2.24, 2.45) is 0 Å². The third-order valence-corrected chi connectivity index (χ3v) is 6.76. The lowest BCUT2D eigenvalue weighted by atomic mass is 9.86. The van der Waals surface area contributed by atoms with Gasteiger partial charge in [-0.15, -0.1) is 19.3 Å². The molecule has 3 N–H and O–H groups in total. The van der Waals surface area contributed by atoms with Crippen LogP contribution in [0.25, 0.3) is 0 Å². The molecule has 1 aromatic rings. The van der Waals surface area contributed by atoms with E-state index in [0.29, 0.717) is 33.4 Å². The molecule has 0 saturated heterocycles. The van der Waals surface area contributed by atoms with Crippen molar-refractivity contribution in [3.63, 3.8) is 0 Å². The Labute approximate surface area is 254 Å². The van der Waals surface area contributed by atoms with Crippen LogP contribution < -0.4 is 16.0 Å². The average molecular weight is 732 g/mol. The molecule has 0 aliphatic heterocycles. The van der Waals surface area contributed by atoms with E-state index in [1.807, 2.05) is 0 Å². The van der Waals surface area contributed by atoms with Crippen molar-refractivity contribution >= 4 is 65.5 Å². The van der Waals surface area contributed by atoms with Crippen LogP contribution in [0.2, 0.25) is 0 Å². The molecule has 0 fully saturated rings. The molecule has 0 bridgehead atoms. The number of hydrogen-bond acceptors (Lipinski definition) is 6. The highest BCUT2D eigenvalue weighted by atomic mass is 79.9. The fourth-order valence-corrected chi connectivity index (χ4v) is 4.19. The minimum absolute atomic E-state index is 0.0370. The van der Waals surface area contributed by atoms with Crippen LogP contribution in [0.3, 0.4) is 0 Å². The van der Waals surface area contributed by atoms with Crippen molar-refractivity contribution in [3.05, 3.63) is 33.4 Å². The molecule has 0 heterocycles. The lowest BCUT2D eigenvalue weighted by molar-refractivity contribution is -0.119. The van der Waals surface area contributed by atoms with Crippen molar-refractivity contribution in [3.8, 4) is 37.0 Å². The van der Waals surface area contributed by atoms with Gasteiger partial charge >= 0.3 is 0 Å². The average Bonchev–Trinajstić information content (AvgIpc) is 2.95. The maximum atomic E-state index is 12.2. The number of ether oxygens (including phenoxy) is 3. The summed E-state index contributed by atoms with van der Waals surface area (Å²) in [6, 6.07) is 0. The van der Waals surface area contributed by atoms with Crippen molar-refractivity contribution in [2.45, 2.75) is 39.5 Å². The van der Waals surface area contributed by atoms with Gasteiger partial charge in [-0.2, -0.15) is 0 Å². The second-order valence-corrected chi connectivity index (χ2v) is 9.38. The first-order chi connectivity index (χ1) is 18.9. The van der Waals surface area contributed by atoms with E-state index in [-0.39, 0.29) is 93.0 Å². The van der Waals surface area contributed by atoms with Gasteiger partial charge in [0, 0.05) is 19.6 Å². The monoisotopic (exact) mass is 729 g/mol. The van der Waals surface area contributed by atoms with Gasteiger partial charge in [0.05, 0.1) is 35.8 Å². The molecule has 0 radical (unpaired) electrons. The largest absolute Gasteiger partial charge is 0.364 e. The predicted octanol–water partition coefficient (Wildman–Crippen LogP) is 2.17. The van der Waals surface area contributed by atoms with Crippen molar-refractivity contribution in [2.75, 3.05) is 35.8 Å². The quantitative estimate of drug-likeness (QED) is 0.121. The van der Waals surface area contributed by atoms with Crippen molar-refractivity contribution < 1.29 is 28.6 Å². The van der Waals surface area contributed by atoms with E-state index < -0.39 is 0 Å². The highest BCUT2D eigenvalue weighted by Gasteiger charge is 2.25. The number of hydrogen-bond donors (Lipinski definition) is 3. The standard InChI is InChI=1S/C27H30Br3N3O6/c1-4-7-37-16-22-19(13-31-25(34)10-28)23(17-38-8-5-2)21(15-33-27(36)12-30)24(18-39-9-6-3)20(22)14-32-26(35)11-29/h1-3H,7-18H2,(H,31,34)(H,32,35)(H,33,36). The highest BCUT2D eigenvalue weighted by molar-refractivity contribution is 9.09. The van der Waals surface area contributed by atoms with Crippen LogP contribution in [0.15, 0.2) is 0 Å². The first-order valence-corrected chi connectivity index (χ1v) is 14.9. The first-order valence-electron chi connectivity index (χ1n) is 11.6. The zero-order valence-corrected chi connectivity index (χ0v) is 26.1. The normalized spacial score (nSPS) is 10.2. The summed E-state index contributed by atoms with van der Waals surface area (Å²) in [5.41, 5.74) is 4.11. The third kappa shape index (κ3) is 12.1.